The highest BCUT2D eigenvalue weighted by Gasteiger charge is 2.06. The number of tetrazole rings is 1. The summed E-state index contributed by atoms with van der Waals surface area (Å²) < 4.78 is 1.79. The van der Waals surface area contributed by atoms with Gasteiger partial charge in [0.25, 0.3) is 0 Å². The molecule has 6 nitrogen and oxygen atoms in total. The number of hydrogen-bond acceptors (Lipinski definition) is 5. The summed E-state index contributed by atoms with van der Waals surface area (Å²) >= 11 is 0. The van der Waals surface area contributed by atoms with Gasteiger partial charge in [-0.2, -0.15) is 0 Å². The van der Waals surface area contributed by atoms with Crippen LogP contribution in [0.3, 0.4) is 0 Å². The van der Waals surface area contributed by atoms with Crippen molar-refractivity contribution in [2.45, 2.75) is 19.4 Å². The molecular weight excluding hydrogens is 204 g/mol. The molecule has 0 aliphatic rings. The lowest BCUT2D eigenvalue weighted by Gasteiger charge is -2.02. The zero-order valence-corrected chi connectivity index (χ0v) is 8.95. The third-order valence-electron chi connectivity index (χ3n) is 2.27. The van der Waals surface area contributed by atoms with Gasteiger partial charge in [0.1, 0.15) is 0 Å². The van der Waals surface area contributed by atoms with Gasteiger partial charge >= 0.3 is 0 Å². The van der Waals surface area contributed by atoms with Crippen molar-refractivity contribution < 1.29 is 0 Å². The lowest BCUT2D eigenvalue weighted by atomic mass is 10.2. The van der Waals surface area contributed by atoms with E-state index in [0.717, 1.165) is 24.4 Å². The molecule has 0 atom stereocenters. The van der Waals surface area contributed by atoms with Crippen LogP contribution in [-0.2, 0) is 13.0 Å². The van der Waals surface area contributed by atoms with E-state index in [4.69, 9.17) is 5.73 Å². The maximum Gasteiger partial charge on any atom is 0.155 e. The summed E-state index contributed by atoms with van der Waals surface area (Å²) in [7, 11) is 0. The van der Waals surface area contributed by atoms with Gasteiger partial charge in [-0.05, 0) is 35.0 Å². The average Bonchev–Trinajstić information content (AvgIpc) is 2.75. The fourth-order valence-electron chi connectivity index (χ4n) is 1.45. The normalized spacial score (nSPS) is 10.6. The molecule has 0 fully saturated rings. The minimum Gasteiger partial charge on any atom is -0.330 e. The molecule has 0 aliphatic heterocycles. The third-order valence-corrected chi connectivity index (χ3v) is 2.27. The number of pyridine rings is 1. The smallest absolute Gasteiger partial charge is 0.155 e. The molecular formula is C10H14N6. The maximum atomic E-state index is 5.46. The molecule has 0 bridgehead atoms. The van der Waals surface area contributed by atoms with E-state index in [1.807, 2.05) is 18.3 Å². The van der Waals surface area contributed by atoms with Gasteiger partial charge in [0.2, 0.25) is 0 Å². The zero-order valence-electron chi connectivity index (χ0n) is 8.95. The van der Waals surface area contributed by atoms with Crippen molar-refractivity contribution in [3.63, 3.8) is 0 Å². The first kappa shape index (κ1) is 10.7. The molecule has 2 aromatic rings. The van der Waals surface area contributed by atoms with E-state index in [1.54, 1.807) is 10.9 Å². The molecule has 0 spiro atoms. The summed E-state index contributed by atoms with van der Waals surface area (Å²) in [4.78, 5) is 4.06. The minimum atomic E-state index is 0.645. The molecule has 0 aliphatic carbocycles. The van der Waals surface area contributed by atoms with Gasteiger partial charge in [0, 0.05) is 25.4 Å². The summed E-state index contributed by atoms with van der Waals surface area (Å²) in [6.45, 7) is 1.41. The van der Waals surface area contributed by atoms with E-state index in [0.29, 0.717) is 13.0 Å². The van der Waals surface area contributed by atoms with Crippen LogP contribution in [0.4, 0.5) is 0 Å². The Hall–Kier alpha value is -1.82. The second-order valence-electron chi connectivity index (χ2n) is 3.50. The van der Waals surface area contributed by atoms with Gasteiger partial charge in [-0.15, -0.1) is 5.10 Å². The summed E-state index contributed by atoms with van der Waals surface area (Å²) in [6.07, 6.45) is 5.15. The first-order valence-corrected chi connectivity index (χ1v) is 5.24. The summed E-state index contributed by atoms with van der Waals surface area (Å²) in [6, 6.07) is 3.91. The van der Waals surface area contributed by atoms with Crippen LogP contribution in [0.15, 0.2) is 24.5 Å². The van der Waals surface area contributed by atoms with Crippen LogP contribution >= 0.6 is 0 Å². The minimum absolute atomic E-state index is 0.645. The Bertz CT molecular complexity index is 424. The molecule has 2 heterocycles. The molecule has 2 rings (SSSR count). The summed E-state index contributed by atoms with van der Waals surface area (Å²) in [5, 5.41) is 11.6. The van der Waals surface area contributed by atoms with Gasteiger partial charge < -0.3 is 5.73 Å². The molecule has 6 heteroatoms. The quantitative estimate of drug-likeness (QED) is 0.764. The Morgan fingerprint density at radius 3 is 3.06 bits per heavy atom. The summed E-state index contributed by atoms with van der Waals surface area (Å²) in [5.41, 5.74) is 6.56. The van der Waals surface area contributed by atoms with Gasteiger partial charge in [-0.1, -0.05) is 6.07 Å². The Morgan fingerprint density at radius 2 is 2.31 bits per heavy atom. The number of aromatic nitrogens is 5. The van der Waals surface area contributed by atoms with Crippen LogP contribution in [-0.4, -0.2) is 31.7 Å². The summed E-state index contributed by atoms with van der Waals surface area (Å²) in [5.74, 6) is 0.849. The van der Waals surface area contributed by atoms with E-state index in [2.05, 4.69) is 20.5 Å². The van der Waals surface area contributed by atoms with Crippen molar-refractivity contribution in [2.24, 2.45) is 5.73 Å². The standard InChI is InChI=1S/C10H14N6/c11-4-2-6-16-10(13-14-15-16)7-9-3-1-5-12-8-9/h1,3,5,8H,2,4,6-7,11H2. The van der Waals surface area contributed by atoms with Gasteiger partial charge in [0.15, 0.2) is 5.82 Å². The molecule has 0 amide bonds. The largest absolute Gasteiger partial charge is 0.330 e. The number of rotatable bonds is 5. The highest BCUT2D eigenvalue weighted by molar-refractivity contribution is 5.13. The molecule has 2 N–H and O–H groups in total. The zero-order chi connectivity index (χ0) is 11.2. The van der Waals surface area contributed by atoms with Crippen LogP contribution in [0.5, 0.6) is 0 Å². The Balaban J connectivity index is 2.07. The number of hydrogen-bond donors (Lipinski definition) is 1. The van der Waals surface area contributed by atoms with Crippen LogP contribution < -0.4 is 5.73 Å². The highest BCUT2D eigenvalue weighted by atomic mass is 15.5. The van der Waals surface area contributed by atoms with Crippen molar-refractivity contribution in [1.29, 1.82) is 0 Å². The predicted octanol–water partition coefficient (Wildman–Crippen LogP) is 0.00770. The Kier molecular flexibility index (Phi) is 3.55. The van der Waals surface area contributed by atoms with E-state index >= 15 is 0 Å². The maximum absolute atomic E-state index is 5.46. The highest BCUT2D eigenvalue weighted by Crippen LogP contribution is 2.04. The Morgan fingerprint density at radius 1 is 1.38 bits per heavy atom. The predicted molar refractivity (Wildman–Crippen MR) is 58.5 cm³/mol. The van der Waals surface area contributed by atoms with E-state index in [9.17, 15) is 0 Å². The van der Waals surface area contributed by atoms with Crippen molar-refractivity contribution >= 4 is 0 Å². The van der Waals surface area contributed by atoms with Gasteiger partial charge in [-0.3, -0.25) is 4.98 Å². The molecule has 16 heavy (non-hydrogen) atoms. The number of aryl methyl sites for hydroxylation is 1. The van der Waals surface area contributed by atoms with Crippen molar-refractivity contribution in [2.75, 3.05) is 6.54 Å². The first-order chi connectivity index (χ1) is 7.90. The third kappa shape index (κ3) is 2.60. The lowest BCUT2D eigenvalue weighted by Crippen LogP contribution is -2.10. The fourth-order valence-corrected chi connectivity index (χ4v) is 1.45. The van der Waals surface area contributed by atoms with Crippen molar-refractivity contribution in [3.05, 3.63) is 35.9 Å². The number of nitrogens with two attached hydrogens (primary N) is 1. The molecule has 0 aromatic carbocycles. The topological polar surface area (TPSA) is 82.5 Å². The fraction of sp³-hybridized carbons (Fsp3) is 0.400. The van der Waals surface area contributed by atoms with Gasteiger partial charge in [0.05, 0.1) is 0 Å². The monoisotopic (exact) mass is 218 g/mol. The van der Waals surface area contributed by atoms with Crippen molar-refractivity contribution in [1.82, 2.24) is 25.2 Å². The molecule has 0 unspecified atom stereocenters. The van der Waals surface area contributed by atoms with Crippen molar-refractivity contribution in [3.8, 4) is 0 Å². The number of nitrogens with zero attached hydrogens (tertiary/aromatic N) is 5. The van der Waals surface area contributed by atoms with E-state index in [1.165, 1.54) is 0 Å². The van der Waals surface area contributed by atoms with Crippen LogP contribution in [0.25, 0.3) is 0 Å². The van der Waals surface area contributed by atoms with Crippen LogP contribution in [0, 0.1) is 0 Å². The lowest BCUT2D eigenvalue weighted by molar-refractivity contribution is 0.547. The second kappa shape index (κ2) is 5.32. The van der Waals surface area contributed by atoms with Gasteiger partial charge in [-0.25, -0.2) is 4.68 Å². The molecule has 84 valence electrons. The van der Waals surface area contributed by atoms with E-state index in [-0.39, 0.29) is 0 Å². The average molecular weight is 218 g/mol. The van der Waals surface area contributed by atoms with Crippen LogP contribution in [0.2, 0.25) is 0 Å². The molecule has 2 aromatic heterocycles. The van der Waals surface area contributed by atoms with E-state index < -0.39 is 0 Å². The second-order valence-corrected chi connectivity index (χ2v) is 3.50. The molecule has 0 saturated carbocycles. The Labute approximate surface area is 93.5 Å². The van der Waals surface area contributed by atoms with Crippen LogP contribution in [0.1, 0.15) is 17.8 Å². The first-order valence-electron chi connectivity index (χ1n) is 5.24. The SMILES string of the molecule is NCCCn1nnnc1Cc1cccnc1. The molecule has 0 saturated heterocycles. The molecule has 0 radical (unpaired) electrons.